The first-order valence-corrected chi connectivity index (χ1v) is 5.46. The summed E-state index contributed by atoms with van der Waals surface area (Å²) in [4.78, 5) is 10.8. The van der Waals surface area contributed by atoms with Crippen LogP contribution in [0.5, 0.6) is 0 Å². The Morgan fingerprint density at radius 2 is 1.81 bits per heavy atom. The number of aromatic nitrogens is 2. The van der Waals surface area contributed by atoms with Gasteiger partial charge in [0.2, 0.25) is 0 Å². The van der Waals surface area contributed by atoms with Gasteiger partial charge in [-0.1, -0.05) is 24.3 Å². The Balaban J connectivity index is 1.73. The maximum atomic E-state index is 4.30. The number of rotatable bonds is 2. The predicted octanol–water partition coefficient (Wildman–Crippen LogP) is 1.99. The Labute approximate surface area is 94.8 Å². The van der Waals surface area contributed by atoms with Crippen molar-refractivity contribution in [1.29, 1.82) is 0 Å². The van der Waals surface area contributed by atoms with Crippen molar-refractivity contribution in [3.63, 3.8) is 0 Å². The summed E-state index contributed by atoms with van der Waals surface area (Å²) in [5.41, 5.74) is 3.91. The van der Waals surface area contributed by atoms with Gasteiger partial charge in [0.15, 0.2) is 0 Å². The summed E-state index contributed by atoms with van der Waals surface area (Å²) < 4.78 is 0. The van der Waals surface area contributed by atoms with Crippen LogP contribution >= 0.6 is 0 Å². The topological polar surface area (TPSA) is 29.0 Å². The third-order valence-corrected chi connectivity index (χ3v) is 2.91. The molecule has 0 unspecified atom stereocenters. The first kappa shape index (κ1) is 9.48. The normalized spacial score (nSPS) is 15.0. The number of hydrogen-bond acceptors (Lipinski definition) is 3. The predicted molar refractivity (Wildman–Crippen MR) is 61.4 cm³/mol. The molecule has 1 aliphatic rings. The zero-order valence-electron chi connectivity index (χ0n) is 9.00. The lowest BCUT2D eigenvalue weighted by Gasteiger charge is -2.13. The molecule has 0 saturated carbocycles. The maximum absolute atomic E-state index is 4.30. The second kappa shape index (κ2) is 4.02. The number of nitrogens with zero attached hydrogens (tertiary/aromatic N) is 3. The Kier molecular flexibility index (Phi) is 2.38. The van der Waals surface area contributed by atoms with Gasteiger partial charge in [0, 0.05) is 38.2 Å². The minimum absolute atomic E-state index is 0.878. The zero-order chi connectivity index (χ0) is 10.8. The van der Waals surface area contributed by atoms with Crippen molar-refractivity contribution in [2.24, 2.45) is 0 Å². The van der Waals surface area contributed by atoms with Crippen LogP contribution in [0.4, 0.5) is 0 Å². The zero-order valence-corrected chi connectivity index (χ0v) is 9.00. The Hall–Kier alpha value is -1.74. The largest absolute Gasteiger partial charge is 0.289 e. The van der Waals surface area contributed by atoms with Crippen LogP contribution in [0.3, 0.4) is 0 Å². The summed E-state index contributed by atoms with van der Waals surface area (Å²) >= 11 is 0. The molecule has 0 fully saturated rings. The molecule has 0 spiro atoms. The van der Waals surface area contributed by atoms with Crippen molar-refractivity contribution >= 4 is 0 Å². The molecule has 0 N–H and O–H groups in total. The summed E-state index contributed by atoms with van der Waals surface area (Å²) in [7, 11) is 0. The molecule has 16 heavy (non-hydrogen) atoms. The van der Waals surface area contributed by atoms with Crippen LogP contribution in [0.1, 0.15) is 16.8 Å². The van der Waals surface area contributed by atoms with Gasteiger partial charge in [-0.2, -0.15) is 0 Å². The van der Waals surface area contributed by atoms with Crippen molar-refractivity contribution < 1.29 is 0 Å². The summed E-state index contributed by atoms with van der Waals surface area (Å²) in [6.07, 6.45) is 5.30. The molecule has 3 heteroatoms. The van der Waals surface area contributed by atoms with Gasteiger partial charge in [-0.25, -0.2) is 0 Å². The minimum atomic E-state index is 0.878. The highest BCUT2D eigenvalue weighted by molar-refractivity contribution is 5.30. The molecule has 0 bridgehead atoms. The van der Waals surface area contributed by atoms with Crippen molar-refractivity contribution in [2.45, 2.75) is 19.6 Å². The molecular formula is C13H13N3. The van der Waals surface area contributed by atoms with Gasteiger partial charge >= 0.3 is 0 Å². The molecule has 0 radical (unpaired) electrons. The summed E-state index contributed by atoms with van der Waals surface area (Å²) in [5, 5.41) is 0. The second-order valence-electron chi connectivity index (χ2n) is 4.11. The van der Waals surface area contributed by atoms with Crippen LogP contribution in [0.15, 0.2) is 42.9 Å². The Morgan fingerprint density at radius 3 is 2.44 bits per heavy atom. The van der Waals surface area contributed by atoms with E-state index in [-0.39, 0.29) is 0 Å². The lowest BCUT2D eigenvalue weighted by molar-refractivity contribution is 0.271. The third kappa shape index (κ3) is 1.82. The van der Waals surface area contributed by atoms with Crippen LogP contribution < -0.4 is 0 Å². The molecule has 1 aliphatic heterocycles. The molecule has 1 aromatic carbocycles. The van der Waals surface area contributed by atoms with Crippen molar-refractivity contribution in [3.8, 4) is 0 Å². The van der Waals surface area contributed by atoms with Gasteiger partial charge in [-0.3, -0.25) is 14.9 Å². The van der Waals surface area contributed by atoms with E-state index in [1.165, 1.54) is 11.1 Å². The van der Waals surface area contributed by atoms with Gasteiger partial charge in [0.1, 0.15) is 0 Å². The summed E-state index contributed by atoms with van der Waals surface area (Å²) in [6.45, 7) is 2.92. The molecule has 0 aliphatic carbocycles. The Bertz CT molecular complexity index is 457. The SMILES string of the molecule is c1ccc2c(c1)CN(Cc1cnccn1)C2. The molecule has 0 amide bonds. The highest BCUT2D eigenvalue weighted by Crippen LogP contribution is 2.23. The lowest BCUT2D eigenvalue weighted by atomic mass is 10.1. The molecular weight excluding hydrogens is 198 g/mol. The van der Waals surface area contributed by atoms with E-state index in [9.17, 15) is 0 Å². The van der Waals surface area contributed by atoms with Gasteiger partial charge in [-0.15, -0.1) is 0 Å². The first-order valence-electron chi connectivity index (χ1n) is 5.46. The van der Waals surface area contributed by atoms with Crippen LogP contribution in [-0.2, 0) is 19.6 Å². The van der Waals surface area contributed by atoms with E-state index in [4.69, 9.17) is 0 Å². The van der Waals surface area contributed by atoms with E-state index >= 15 is 0 Å². The van der Waals surface area contributed by atoms with E-state index in [2.05, 4.69) is 39.1 Å². The van der Waals surface area contributed by atoms with E-state index in [0.29, 0.717) is 0 Å². The molecule has 0 atom stereocenters. The summed E-state index contributed by atoms with van der Waals surface area (Å²) in [5.74, 6) is 0. The average molecular weight is 211 g/mol. The van der Waals surface area contributed by atoms with Crippen molar-refractivity contribution in [2.75, 3.05) is 0 Å². The highest BCUT2D eigenvalue weighted by Gasteiger charge is 2.18. The van der Waals surface area contributed by atoms with Crippen LogP contribution in [0.2, 0.25) is 0 Å². The standard InChI is InChI=1S/C13H13N3/c1-2-4-12-9-16(8-11(12)3-1)10-13-7-14-5-6-15-13/h1-7H,8-10H2. The van der Waals surface area contributed by atoms with E-state index in [0.717, 1.165) is 25.3 Å². The van der Waals surface area contributed by atoms with Crippen LogP contribution in [-0.4, -0.2) is 14.9 Å². The highest BCUT2D eigenvalue weighted by atomic mass is 15.1. The fraction of sp³-hybridized carbons (Fsp3) is 0.231. The third-order valence-electron chi connectivity index (χ3n) is 2.91. The molecule has 0 saturated heterocycles. The Morgan fingerprint density at radius 1 is 1.06 bits per heavy atom. The van der Waals surface area contributed by atoms with Crippen LogP contribution in [0, 0.1) is 0 Å². The number of hydrogen-bond donors (Lipinski definition) is 0. The second-order valence-corrected chi connectivity index (χ2v) is 4.11. The number of fused-ring (bicyclic) bond motifs is 1. The molecule has 2 aromatic rings. The molecule has 80 valence electrons. The van der Waals surface area contributed by atoms with Gasteiger partial charge in [-0.05, 0) is 11.1 Å². The molecule has 3 rings (SSSR count). The van der Waals surface area contributed by atoms with E-state index in [1.807, 2.05) is 6.20 Å². The monoisotopic (exact) mass is 211 g/mol. The maximum Gasteiger partial charge on any atom is 0.0727 e. The fourth-order valence-corrected chi connectivity index (χ4v) is 2.16. The molecule has 3 nitrogen and oxygen atoms in total. The first-order chi connectivity index (χ1) is 7.92. The average Bonchev–Trinajstić information content (AvgIpc) is 2.72. The van der Waals surface area contributed by atoms with Crippen molar-refractivity contribution in [3.05, 3.63) is 59.7 Å². The lowest BCUT2D eigenvalue weighted by Crippen LogP contribution is -2.16. The molecule has 2 heterocycles. The van der Waals surface area contributed by atoms with Gasteiger partial charge in [0.05, 0.1) is 5.69 Å². The van der Waals surface area contributed by atoms with Gasteiger partial charge in [0.25, 0.3) is 0 Å². The molecule has 1 aromatic heterocycles. The van der Waals surface area contributed by atoms with Gasteiger partial charge < -0.3 is 0 Å². The smallest absolute Gasteiger partial charge is 0.0727 e. The quantitative estimate of drug-likeness (QED) is 0.760. The van der Waals surface area contributed by atoms with Crippen molar-refractivity contribution in [1.82, 2.24) is 14.9 Å². The summed E-state index contributed by atoms with van der Waals surface area (Å²) in [6, 6.07) is 8.60. The van der Waals surface area contributed by atoms with E-state index in [1.54, 1.807) is 12.4 Å². The fourth-order valence-electron chi connectivity index (χ4n) is 2.16. The number of benzene rings is 1. The van der Waals surface area contributed by atoms with Crippen LogP contribution in [0.25, 0.3) is 0 Å². The van der Waals surface area contributed by atoms with E-state index < -0.39 is 0 Å². The minimum Gasteiger partial charge on any atom is -0.289 e.